The second-order valence-corrected chi connectivity index (χ2v) is 7.19. The highest BCUT2D eigenvalue weighted by molar-refractivity contribution is 6.30. The zero-order valence-corrected chi connectivity index (χ0v) is 16.8. The number of ketones is 1. The maximum Gasteiger partial charge on any atom is 0.407 e. The third-order valence-corrected chi connectivity index (χ3v) is 4.94. The summed E-state index contributed by atoms with van der Waals surface area (Å²) < 4.78 is 5.35. The van der Waals surface area contributed by atoms with Gasteiger partial charge >= 0.3 is 6.09 Å². The van der Waals surface area contributed by atoms with Gasteiger partial charge in [0, 0.05) is 16.5 Å². The predicted octanol–water partition coefficient (Wildman–Crippen LogP) is 5.83. The Hall–Kier alpha value is -3.11. The van der Waals surface area contributed by atoms with Crippen molar-refractivity contribution in [1.29, 1.82) is 0 Å². The molecule has 0 saturated carbocycles. The maximum absolute atomic E-state index is 13.0. The molecule has 0 unspecified atom stereocenters. The lowest BCUT2D eigenvalue weighted by Gasteiger charge is -2.25. The number of carbonyl (C=O) groups is 2. The van der Waals surface area contributed by atoms with Gasteiger partial charge in [0.1, 0.15) is 6.61 Å². The smallest absolute Gasteiger partial charge is 0.407 e. The molecule has 3 rings (SSSR count). The molecule has 2 atom stereocenters. The molecule has 0 fully saturated rings. The van der Waals surface area contributed by atoms with Crippen LogP contribution in [0.25, 0.3) is 0 Å². The van der Waals surface area contributed by atoms with E-state index < -0.39 is 18.1 Å². The van der Waals surface area contributed by atoms with Gasteiger partial charge in [0.25, 0.3) is 0 Å². The zero-order valence-electron chi connectivity index (χ0n) is 16.0. The van der Waals surface area contributed by atoms with E-state index in [0.29, 0.717) is 10.6 Å². The van der Waals surface area contributed by atoms with Crippen molar-refractivity contribution in [2.75, 3.05) is 0 Å². The van der Waals surface area contributed by atoms with Crippen LogP contribution in [-0.2, 0) is 11.3 Å². The largest absolute Gasteiger partial charge is 0.445 e. The summed E-state index contributed by atoms with van der Waals surface area (Å²) in [6, 6.07) is 25.0. The molecule has 0 aromatic heterocycles. The van der Waals surface area contributed by atoms with Gasteiger partial charge in [0.15, 0.2) is 5.78 Å². The van der Waals surface area contributed by atoms with E-state index in [-0.39, 0.29) is 12.4 Å². The van der Waals surface area contributed by atoms with Gasteiger partial charge in [-0.15, -0.1) is 0 Å². The number of nitrogens with one attached hydrogen (secondary N) is 1. The molecule has 0 heterocycles. The van der Waals surface area contributed by atoms with Crippen molar-refractivity contribution >= 4 is 23.5 Å². The Balaban J connectivity index is 1.76. The van der Waals surface area contributed by atoms with Gasteiger partial charge in [0.2, 0.25) is 0 Å². The predicted molar refractivity (Wildman–Crippen MR) is 114 cm³/mol. The fourth-order valence-corrected chi connectivity index (χ4v) is 3.20. The van der Waals surface area contributed by atoms with Crippen molar-refractivity contribution < 1.29 is 14.3 Å². The number of rotatable bonds is 7. The zero-order chi connectivity index (χ0) is 20.6. The molecular weight excluding hydrogens is 386 g/mol. The molecule has 0 aliphatic rings. The molecule has 0 bridgehead atoms. The van der Waals surface area contributed by atoms with Crippen LogP contribution >= 0.6 is 11.6 Å². The standard InChI is InChI=1S/C24H22ClNO3/c1-17(23(27)20-10-6-3-7-11-20)22(19-12-14-21(25)15-13-19)26-24(28)29-16-18-8-4-2-5-9-18/h2-15,17,22H,16H2,1H3,(H,26,28)/t17-,22+/m0/s1. The number of alkyl carbamates (subject to hydrolysis) is 1. The lowest BCUT2D eigenvalue weighted by atomic mass is 9.88. The maximum atomic E-state index is 13.0. The third kappa shape index (κ3) is 5.69. The molecule has 0 saturated heterocycles. The van der Waals surface area contributed by atoms with Gasteiger partial charge in [-0.05, 0) is 23.3 Å². The van der Waals surface area contributed by atoms with E-state index in [1.165, 1.54) is 0 Å². The van der Waals surface area contributed by atoms with Crippen LogP contribution in [0.2, 0.25) is 5.02 Å². The Bertz CT molecular complexity index is 943. The summed E-state index contributed by atoms with van der Waals surface area (Å²) in [6.45, 7) is 1.95. The number of hydrogen-bond donors (Lipinski definition) is 1. The van der Waals surface area contributed by atoms with E-state index in [0.717, 1.165) is 11.1 Å². The fourth-order valence-electron chi connectivity index (χ4n) is 3.08. The highest BCUT2D eigenvalue weighted by Gasteiger charge is 2.28. The Morgan fingerprint density at radius 1 is 0.897 bits per heavy atom. The summed E-state index contributed by atoms with van der Waals surface area (Å²) in [6.07, 6.45) is -0.582. The normalized spacial score (nSPS) is 12.6. The number of hydrogen-bond acceptors (Lipinski definition) is 3. The molecule has 0 aliphatic heterocycles. The minimum Gasteiger partial charge on any atom is -0.445 e. The summed E-state index contributed by atoms with van der Waals surface area (Å²) in [5.41, 5.74) is 2.26. The van der Waals surface area contributed by atoms with Gasteiger partial charge in [-0.25, -0.2) is 4.79 Å². The Kier molecular flexibility index (Phi) is 7.04. The molecule has 1 amide bonds. The van der Waals surface area contributed by atoms with Gasteiger partial charge < -0.3 is 10.1 Å². The Morgan fingerprint density at radius 2 is 1.48 bits per heavy atom. The lowest BCUT2D eigenvalue weighted by Crippen LogP contribution is -2.36. The molecular formula is C24H22ClNO3. The minimum atomic E-state index is -0.582. The molecule has 1 N–H and O–H groups in total. The first kappa shape index (κ1) is 20.6. The highest BCUT2D eigenvalue weighted by atomic mass is 35.5. The van der Waals surface area contributed by atoms with Crippen LogP contribution in [-0.4, -0.2) is 11.9 Å². The van der Waals surface area contributed by atoms with E-state index in [1.54, 1.807) is 43.3 Å². The van der Waals surface area contributed by atoms with Crippen LogP contribution in [0.1, 0.15) is 34.5 Å². The number of Topliss-reactive ketones (excluding diaryl/α,β-unsaturated/α-hetero) is 1. The average Bonchev–Trinajstić information content (AvgIpc) is 2.77. The molecule has 3 aromatic rings. The number of ether oxygens (including phenoxy) is 1. The van der Waals surface area contributed by atoms with Gasteiger partial charge in [0.05, 0.1) is 6.04 Å². The Morgan fingerprint density at radius 3 is 2.10 bits per heavy atom. The number of benzene rings is 3. The molecule has 3 aromatic carbocycles. The van der Waals surface area contributed by atoms with Crippen molar-refractivity contribution in [3.8, 4) is 0 Å². The van der Waals surface area contributed by atoms with E-state index in [9.17, 15) is 9.59 Å². The van der Waals surface area contributed by atoms with Crippen molar-refractivity contribution in [2.24, 2.45) is 5.92 Å². The quantitative estimate of drug-likeness (QED) is 0.501. The summed E-state index contributed by atoms with van der Waals surface area (Å²) in [5, 5.41) is 3.43. The van der Waals surface area contributed by atoms with Crippen molar-refractivity contribution in [1.82, 2.24) is 5.32 Å². The van der Waals surface area contributed by atoms with Crippen molar-refractivity contribution in [3.63, 3.8) is 0 Å². The topological polar surface area (TPSA) is 55.4 Å². The van der Waals surface area contributed by atoms with Gasteiger partial charge in [-0.2, -0.15) is 0 Å². The summed E-state index contributed by atoms with van der Waals surface area (Å²) >= 11 is 6.00. The van der Waals surface area contributed by atoms with Gasteiger partial charge in [-0.1, -0.05) is 91.3 Å². The SMILES string of the molecule is C[C@H](C(=O)c1ccccc1)[C@@H](NC(=O)OCc1ccccc1)c1ccc(Cl)cc1. The molecule has 148 valence electrons. The molecule has 29 heavy (non-hydrogen) atoms. The van der Waals surface area contributed by atoms with E-state index in [2.05, 4.69) is 5.32 Å². The van der Waals surface area contributed by atoms with E-state index in [4.69, 9.17) is 16.3 Å². The molecule has 0 radical (unpaired) electrons. The van der Waals surface area contributed by atoms with Crippen LogP contribution in [0.4, 0.5) is 4.79 Å². The molecule has 4 nitrogen and oxygen atoms in total. The third-order valence-electron chi connectivity index (χ3n) is 4.69. The average molecular weight is 408 g/mol. The second kappa shape index (κ2) is 9.89. The molecule has 5 heteroatoms. The second-order valence-electron chi connectivity index (χ2n) is 6.75. The monoisotopic (exact) mass is 407 g/mol. The van der Waals surface area contributed by atoms with Crippen molar-refractivity contribution in [2.45, 2.75) is 19.6 Å². The minimum absolute atomic E-state index is 0.0612. The first-order valence-corrected chi connectivity index (χ1v) is 9.74. The van der Waals surface area contributed by atoms with E-state index in [1.807, 2.05) is 48.5 Å². The number of amides is 1. The highest BCUT2D eigenvalue weighted by Crippen LogP contribution is 2.27. The van der Waals surface area contributed by atoms with Crippen LogP contribution in [0.15, 0.2) is 84.9 Å². The van der Waals surface area contributed by atoms with Crippen LogP contribution in [0, 0.1) is 5.92 Å². The first-order valence-electron chi connectivity index (χ1n) is 9.36. The summed E-state index contributed by atoms with van der Waals surface area (Å²) in [5.74, 6) is -0.559. The van der Waals surface area contributed by atoms with Crippen LogP contribution in [0.5, 0.6) is 0 Å². The van der Waals surface area contributed by atoms with Crippen LogP contribution < -0.4 is 5.32 Å². The van der Waals surface area contributed by atoms with Gasteiger partial charge in [-0.3, -0.25) is 4.79 Å². The molecule has 0 aliphatic carbocycles. The summed E-state index contributed by atoms with van der Waals surface area (Å²) in [4.78, 5) is 25.4. The lowest BCUT2D eigenvalue weighted by molar-refractivity contribution is 0.0891. The molecule has 0 spiro atoms. The number of carbonyl (C=O) groups excluding carboxylic acids is 2. The first-order chi connectivity index (χ1) is 14.0. The fraction of sp³-hybridized carbons (Fsp3) is 0.167. The van der Waals surface area contributed by atoms with E-state index >= 15 is 0 Å². The Labute approximate surface area is 175 Å². The number of halogens is 1. The van der Waals surface area contributed by atoms with Crippen molar-refractivity contribution in [3.05, 3.63) is 107 Å². The summed E-state index contributed by atoms with van der Waals surface area (Å²) in [7, 11) is 0. The van der Waals surface area contributed by atoms with Crippen LogP contribution in [0.3, 0.4) is 0 Å².